The Balaban J connectivity index is 1.98. The van der Waals surface area contributed by atoms with Crippen LogP contribution in [0.2, 0.25) is 0 Å². The van der Waals surface area contributed by atoms with Gasteiger partial charge in [-0.3, -0.25) is 4.79 Å². The van der Waals surface area contributed by atoms with Crippen molar-refractivity contribution in [2.24, 2.45) is 0 Å². The van der Waals surface area contributed by atoms with E-state index in [9.17, 15) is 4.79 Å². The highest BCUT2D eigenvalue weighted by Gasteiger charge is 2.21. The Bertz CT molecular complexity index is 422. The summed E-state index contributed by atoms with van der Waals surface area (Å²) in [5.74, 6) is -0.100. The second-order valence-electron chi connectivity index (χ2n) is 4.22. The Hall–Kier alpha value is -0.980. The molecule has 1 amide bonds. The van der Waals surface area contributed by atoms with Crippen LogP contribution in [0.1, 0.15) is 10.5 Å². The number of aromatic nitrogens is 1. The predicted octanol–water partition coefficient (Wildman–Crippen LogP) is 0.905. The Morgan fingerprint density at radius 3 is 3.22 bits per heavy atom. The second-order valence-corrected chi connectivity index (χ2v) is 5.07. The first-order valence-corrected chi connectivity index (χ1v) is 6.66. The minimum Gasteiger partial charge on any atom is -0.374 e. The summed E-state index contributed by atoms with van der Waals surface area (Å²) in [4.78, 5) is 17.9. The van der Waals surface area contributed by atoms with E-state index in [-0.39, 0.29) is 12.0 Å². The van der Waals surface area contributed by atoms with E-state index in [1.54, 1.807) is 24.2 Å². The highest BCUT2D eigenvalue weighted by molar-refractivity contribution is 9.10. The molecule has 1 aromatic heterocycles. The van der Waals surface area contributed by atoms with Crippen molar-refractivity contribution in [2.45, 2.75) is 6.10 Å². The average Bonchev–Trinajstić information content (AvgIpc) is 2.39. The molecule has 1 unspecified atom stereocenters. The van der Waals surface area contributed by atoms with Gasteiger partial charge in [-0.1, -0.05) is 0 Å². The lowest BCUT2D eigenvalue weighted by molar-refractivity contribution is 0.0102. The van der Waals surface area contributed by atoms with E-state index in [1.165, 1.54) is 0 Å². The standard InChI is InChI=1S/C12H16BrN3O2/c1-16(8-9-7-14-5-6-18-9)12(17)11-10(13)3-2-4-15-11/h2-4,9,14H,5-8H2,1H3. The quantitative estimate of drug-likeness (QED) is 0.901. The molecule has 1 atom stereocenters. The number of morpholine rings is 1. The minimum atomic E-state index is -0.100. The molecule has 5 nitrogen and oxygen atoms in total. The highest BCUT2D eigenvalue weighted by Crippen LogP contribution is 2.15. The van der Waals surface area contributed by atoms with Crippen LogP contribution < -0.4 is 5.32 Å². The van der Waals surface area contributed by atoms with Gasteiger partial charge in [-0.25, -0.2) is 4.98 Å². The molecule has 0 aromatic carbocycles. The van der Waals surface area contributed by atoms with Crippen molar-refractivity contribution in [3.05, 3.63) is 28.5 Å². The van der Waals surface area contributed by atoms with Crippen LogP contribution >= 0.6 is 15.9 Å². The largest absolute Gasteiger partial charge is 0.374 e. The molecule has 0 radical (unpaired) electrons. The Kier molecular flexibility index (Phi) is 4.68. The van der Waals surface area contributed by atoms with Gasteiger partial charge in [0.25, 0.3) is 5.91 Å². The topological polar surface area (TPSA) is 54.5 Å². The number of ether oxygens (including phenoxy) is 1. The maximum atomic E-state index is 12.2. The van der Waals surface area contributed by atoms with Crippen LogP contribution in [0.25, 0.3) is 0 Å². The second kappa shape index (κ2) is 6.26. The van der Waals surface area contributed by atoms with Crippen LogP contribution in [0.3, 0.4) is 0 Å². The lowest BCUT2D eigenvalue weighted by Gasteiger charge is -2.28. The summed E-state index contributed by atoms with van der Waals surface area (Å²) in [6, 6.07) is 3.60. The first kappa shape index (κ1) is 13.5. The fourth-order valence-electron chi connectivity index (χ4n) is 1.85. The van der Waals surface area contributed by atoms with Crippen molar-refractivity contribution in [2.75, 3.05) is 33.3 Å². The molecule has 0 bridgehead atoms. The summed E-state index contributed by atoms with van der Waals surface area (Å²) in [6.45, 7) is 2.91. The normalized spacial score (nSPS) is 19.6. The number of pyridine rings is 1. The third-order valence-electron chi connectivity index (χ3n) is 2.79. The molecule has 1 saturated heterocycles. The van der Waals surface area contributed by atoms with E-state index in [4.69, 9.17) is 4.74 Å². The van der Waals surface area contributed by atoms with Gasteiger partial charge in [0.2, 0.25) is 0 Å². The van der Waals surface area contributed by atoms with Crippen molar-refractivity contribution in [3.8, 4) is 0 Å². The maximum absolute atomic E-state index is 12.2. The fourth-order valence-corrected chi connectivity index (χ4v) is 2.27. The molecular weight excluding hydrogens is 298 g/mol. The van der Waals surface area contributed by atoms with Crippen molar-refractivity contribution in [3.63, 3.8) is 0 Å². The minimum absolute atomic E-state index is 0.0511. The number of hydrogen-bond donors (Lipinski definition) is 1. The van der Waals surface area contributed by atoms with E-state index in [0.29, 0.717) is 23.3 Å². The van der Waals surface area contributed by atoms with Crippen LogP contribution in [0.4, 0.5) is 0 Å². The zero-order valence-electron chi connectivity index (χ0n) is 10.2. The number of rotatable bonds is 3. The summed E-state index contributed by atoms with van der Waals surface area (Å²) in [5, 5.41) is 3.24. The van der Waals surface area contributed by atoms with E-state index in [1.807, 2.05) is 6.07 Å². The summed E-state index contributed by atoms with van der Waals surface area (Å²) in [5.41, 5.74) is 0.434. The number of carbonyl (C=O) groups excluding carboxylic acids is 1. The maximum Gasteiger partial charge on any atom is 0.273 e. The molecular formula is C12H16BrN3O2. The third kappa shape index (κ3) is 3.28. The molecule has 98 valence electrons. The Morgan fingerprint density at radius 1 is 1.72 bits per heavy atom. The van der Waals surface area contributed by atoms with Crippen molar-refractivity contribution >= 4 is 21.8 Å². The smallest absolute Gasteiger partial charge is 0.273 e. The molecule has 1 aromatic rings. The van der Waals surface area contributed by atoms with Gasteiger partial charge in [-0.05, 0) is 28.1 Å². The van der Waals surface area contributed by atoms with Crippen LogP contribution in [-0.4, -0.2) is 55.2 Å². The van der Waals surface area contributed by atoms with Crippen LogP contribution in [0.15, 0.2) is 22.8 Å². The monoisotopic (exact) mass is 313 g/mol. The van der Waals surface area contributed by atoms with Gasteiger partial charge in [-0.2, -0.15) is 0 Å². The van der Waals surface area contributed by atoms with Gasteiger partial charge in [0.1, 0.15) is 5.69 Å². The Morgan fingerprint density at radius 2 is 2.56 bits per heavy atom. The zero-order valence-corrected chi connectivity index (χ0v) is 11.8. The van der Waals surface area contributed by atoms with Gasteiger partial charge in [0.05, 0.1) is 12.7 Å². The molecule has 18 heavy (non-hydrogen) atoms. The number of nitrogens with zero attached hydrogens (tertiary/aromatic N) is 2. The number of hydrogen-bond acceptors (Lipinski definition) is 4. The first-order chi connectivity index (χ1) is 8.68. The Labute approximate surface area is 115 Å². The van der Waals surface area contributed by atoms with Gasteiger partial charge < -0.3 is 15.0 Å². The molecule has 0 saturated carbocycles. The molecule has 2 rings (SSSR count). The lowest BCUT2D eigenvalue weighted by atomic mass is 10.2. The van der Waals surface area contributed by atoms with Gasteiger partial charge in [0, 0.05) is 37.4 Å². The predicted molar refractivity (Wildman–Crippen MR) is 71.5 cm³/mol. The van der Waals surface area contributed by atoms with E-state index < -0.39 is 0 Å². The van der Waals surface area contributed by atoms with E-state index in [0.717, 1.165) is 13.1 Å². The molecule has 1 fully saturated rings. The van der Waals surface area contributed by atoms with Crippen molar-refractivity contribution in [1.82, 2.24) is 15.2 Å². The van der Waals surface area contributed by atoms with E-state index >= 15 is 0 Å². The average molecular weight is 314 g/mol. The molecule has 0 spiro atoms. The number of halogens is 1. The number of nitrogens with one attached hydrogen (secondary N) is 1. The van der Waals surface area contributed by atoms with E-state index in [2.05, 4.69) is 26.2 Å². The summed E-state index contributed by atoms with van der Waals surface area (Å²) < 4.78 is 6.29. The highest BCUT2D eigenvalue weighted by atomic mass is 79.9. The number of carbonyl (C=O) groups is 1. The van der Waals surface area contributed by atoms with Gasteiger partial charge >= 0.3 is 0 Å². The SMILES string of the molecule is CN(CC1CNCCO1)C(=O)c1ncccc1Br. The summed E-state index contributed by atoms with van der Waals surface area (Å²) in [7, 11) is 1.77. The number of likely N-dealkylation sites (N-methyl/N-ethyl adjacent to an activating group) is 1. The van der Waals surface area contributed by atoms with Crippen LogP contribution in [-0.2, 0) is 4.74 Å². The van der Waals surface area contributed by atoms with Crippen LogP contribution in [0, 0.1) is 0 Å². The first-order valence-electron chi connectivity index (χ1n) is 5.87. The van der Waals surface area contributed by atoms with Gasteiger partial charge in [0.15, 0.2) is 0 Å². The molecule has 1 aliphatic rings. The third-order valence-corrected chi connectivity index (χ3v) is 3.43. The molecule has 1 N–H and O–H groups in total. The summed E-state index contributed by atoms with van der Waals surface area (Å²) >= 11 is 3.34. The van der Waals surface area contributed by atoms with Crippen molar-refractivity contribution < 1.29 is 9.53 Å². The molecule has 1 aliphatic heterocycles. The molecule has 2 heterocycles. The lowest BCUT2D eigenvalue weighted by Crippen LogP contribution is -2.45. The fraction of sp³-hybridized carbons (Fsp3) is 0.500. The summed E-state index contributed by atoms with van der Waals surface area (Å²) in [6.07, 6.45) is 1.67. The zero-order chi connectivity index (χ0) is 13.0. The van der Waals surface area contributed by atoms with Crippen molar-refractivity contribution in [1.29, 1.82) is 0 Å². The van der Waals surface area contributed by atoms with Gasteiger partial charge in [-0.15, -0.1) is 0 Å². The molecule has 6 heteroatoms. The number of amides is 1. The van der Waals surface area contributed by atoms with Crippen LogP contribution in [0.5, 0.6) is 0 Å². The molecule has 0 aliphatic carbocycles.